The highest BCUT2D eigenvalue weighted by atomic mass is 32.1. The minimum Gasteiger partial charge on any atom is -0.340 e. The van der Waals surface area contributed by atoms with Crippen molar-refractivity contribution in [2.24, 2.45) is 0 Å². The lowest BCUT2D eigenvalue weighted by molar-refractivity contribution is 0.456. The highest BCUT2D eigenvalue weighted by Gasteiger charge is 2.24. The summed E-state index contributed by atoms with van der Waals surface area (Å²) in [6, 6.07) is 5.11. The van der Waals surface area contributed by atoms with E-state index in [1.54, 1.807) is 11.3 Å². The molecule has 0 saturated heterocycles. The maximum atomic E-state index is 4.68. The third kappa shape index (κ3) is 3.90. The van der Waals surface area contributed by atoms with E-state index in [-0.39, 0.29) is 0 Å². The first kappa shape index (κ1) is 20.0. The van der Waals surface area contributed by atoms with Crippen LogP contribution in [0, 0.1) is 0 Å². The fourth-order valence-corrected chi connectivity index (χ4v) is 5.29. The molecule has 0 aliphatic heterocycles. The van der Waals surface area contributed by atoms with Crippen LogP contribution in [0.25, 0.3) is 32.6 Å². The molecule has 0 spiro atoms. The number of fused-ring (bicyclic) bond motifs is 1. The summed E-state index contributed by atoms with van der Waals surface area (Å²) < 4.78 is 1.08. The average molecular weight is 435 g/mol. The molecule has 2 atom stereocenters. The third-order valence-electron chi connectivity index (χ3n) is 6.29. The monoisotopic (exact) mass is 434 g/mol. The van der Waals surface area contributed by atoms with Gasteiger partial charge in [-0.1, -0.05) is 25.0 Å². The third-order valence-corrected chi connectivity index (χ3v) is 7.15. The maximum absolute atomic E-state index is 4.68. The lowest BCUT2D eigenvalue weighted by Crippen LogP contribution is -2.38. The predicted octanol–water partition coefficient (Wildman–Crippen LogP) is 3.90. The summed E-state index contributed by atoms with van der Waals surface area (Å²) in [5.74, 6) is 0.682. The molecule has 160 valence electrons. The van der Waals surface area contributed by atoms with Crippen molar-refractivity contribution in [3.05, 3.63) is 36.2 Å². The molecule has 5 rings (SSSR count). The molecule has 3 aromatic heterocycles. The van der Waals surface area contributed by atoms with Gasteiger partial charge in [0.1, 0.15) is 5.69 Å². The number of nitrogens with one attached hydrogen (secondary N) is 2. The SMILES string of the molecule is CN[C@H]1CCCC[C@@H](N(C)c2ncc(-c3ccc(-c4cn[nH]c4)c4ncsc34)nn2)C1. The number of aromatic amines is 1. The summed E-state index contributed by atoms with van der Waals surface area (Å²) in [6.07, 6.45) is 11.5. The van der Waals surface area contributed by atoms with E-state index in [4.69, 9.17) is 0 Å². The molecule has 3 heterocycles. The number of thiazole rings is 1. The Kier molecular flexibility index (Phi) is 5.61. The number of hydrogen-bond acceptors (Lipinski definition) is 8. The zero-order chi connectivity index (χ0) is 21.2. The molecular formula is C22H26N8S. The summed E-state index contributed by atoms with van der Waals surface area (Å²) in [7, 11) is 4.14. The Morgan fingerprint density at radius 2 is 1.97 bits per heavy atom. The van der Waals surface area contributed by atoms with Gasteiger partial charge < -0.3 is 10.2 Å². The van der Waals surface area contributed by atoms with E-state index in [0.717, 1.165) is 45.4 Å². The van der Waals surface area contributed by atoms with Crippen LogP contribution in [0.15, 0.2) is 36.2 Å². The van der Waals surface area contributed by atoms with E-state index < -0.39 is 0 Å². The topological polar surface area (TPSA) is 95.5 Å². The number of anilines is 1. The second-order valence-electron chi connectivity index (χ2n) is 8.09. The molecule has 1 fully saturated rings. The van der Waals surface area contributed by atoms with Crippen LogP contribution in [0.3, 0.4) is 0 Å². The molecule has 8 nitrogen and oxygen atoms in total. The Morgan fingerprint density at radius 1 is 1.10 bits per heavy atom. The quantitative estimate of drug-likeness (QED) is 0.460. The van der Waals surface area contributed by atoms with Gasteiger partial charge in [-0.3, -0.25) is 5.10 Å². The van der Waals surface area contributed by atoms with Gasteiger partial charge in [0.2, 0.25) is 5.95 Å². The minimum atomic E-state index is 0.426. The lowest BCUT2D eigenvalue weighted by Gasteiger charge is -2.29. The molecule has 2 N–H and O–H groups in total. The van der Waals surface area contributed by atoms with Crippen LogP contribution in [0.5, 0.6) is 0 Å². The zero-order valence-electron chi connectivity index (χ0n) is 17.7. The molecule has 1 aliphatic rings. The molecule has 31 heavy (non-hydrogen) atoms. The van der Waals surface area contributed by atoms with Crippen molar-refractivity contribution in [1.29, 1.82) is 0 Å². The summed E-state index contributed by atoms with van der Waals surface area (Å²) in [5.41, 5.74) is 6.65. The Labute approximate surface area is 185 Å². The van der Waals surface area contributed by atoms with Crippen LogP contribution in [-0.4, -0.2) is 56.5 Å². The average Bonchev–Trinajstić information content (AvgIpc) is 3.46. The molecule has 1 aromatic carbocycles. The second-order valence-corrected chi connectivity index (χ2v) is 8.95. The van der Waals surface area contributed by atoms with Gasteiger partial charge in [-0.05, 0) is 26.3 Å². The largest absolute Gasteiger partial charge is 0.340 e. The van der Waals surface area contributed by atoms with Crippen molar-refractivity contribution in [1.82, 2.24) is 35.7 Å². The van der Waals surface area contributed by atoms with Crippen molar-refractivity contribution < 1.29 is 0 Å². The van der Waals surface area contributed by atoms with Gasteiger partial charge >= 0.3 is 0 Å². The number of rotatable bonds is 5. The van der Waals surface area contributed by atoms with Crippen LogP contribution in [-0.2, 0) is 0 Å². The van der Waals surface area contributed by atoms with Crippen LogP contribution < -0.4 is 10.2 Å². The minimum absolute atomic E-state index is 0.426. The van der Waals surface area contributed by atoms with Crippen molar-refractivity contribution in [3.8, 4) is 22.4 Å². The Hall–Kier alpha value is -2.91. The highest BCUT2D eigenvalue weighted by molar-refractivity contribution is 7.17. The van der Waals surface area contributed by atoms with Crippen LogP contribution >= 0.6 is 11.3 Å². The van der Waals surface area contributed by atoms with Crippen LogP contribution in [0.4, 0.5) is 5.95 Å². The number of H-pyrrole nitrogens is 1. The zero-order valence-corrected chi connectivity index (χ0v) is 18.6. The first-order valence-corrected chi connectivity index (χ1v) is 11.6. The highest BCUT2D eigenvalue weighted by Crippen LogP contribution is 2.36. The number of nitrogens with zero attached hydrogens (tertiary/aromatic N) is 6. The van der Waals surface area contributed by atoms with Gasteiger partial charge in [0.15, 0.2) is 0 Å². The fraction of sp³-hybridized carbons (Fsp3) is 0.409. The Bertz CT molecular complexity index is 1140. The van der Waals surface area contributed by atoms with Gasteiger partial charge in [-0.2, -0.15) is 5.10 Å². The first-order chi connectivity index (χ1) is 15.2. The van der Waals surface area contributed by atoms with Gasteiger partial charge in [0.05, 0.1) is 28.1 Å². The van der Waals surface area contributed by atoms with Gasteiger partial charge in [-0.15, -0.1) is 21.5 Å². The van der Waals surface area contributed by atoms with E-state index in [1.807, 2.05) is 24.1 Å². The smallest absolute Gasteiger partial charge is 0.245 e. The van der Waals surface area contributed by atoms with E-state index in [0.29, 0.717) is 18.0 Å². The van der Waals surface area contributed by atoms with Crippen LogP contribution in [0.1, 0.15) is 32.1 Å². The van der Waals surface area contributed by atoms with Crippen molar-refractivity contribution in [3.63, 3.8) is 0 Å². The van der Waals surface area contributed by atoms with Crippen molar-refractivity contribution >= 4 is 27.5 Å². The number of benzene rings is 1. The molecule has 4 aromatic rings. The molecular weight excluding hydrogens is 408 g/mol. The summed E-state index contributed by atoms with van der Waals surface area (Å²) in [6.45, 7) is 0. The summed E-state index contributed by atoms with van der Waals surface area (Å²) in [4.78, 5) is 11.5. The standard InChI is InChI=1S/C22H26N8S/c1-23-15-5-3-4-6-16(9-15)30(2)22-24-12-19(28-29-22)18-8-7-17(14-10-26-27-11-14)20-21(18)31-13-25-20/h7-8,10-13,15-16,23H,3-6,9H2,1-2H3,(H,26,27)/t15-,16+/m0/s1. The predicted molar refractivity (Wildman–Crippen MR) is 124 cm³/mol. The molecule has 0 amide bonds. The second kappa shape index (κ2) is 8.68. The fourth-order valence-electron chi connectivity index (χ4n) is 4.45. The molecule has 0 unspecified atom stereocenters. The number of hydrogen-bond donors (Lipinski definition) is 2. The lowest BCUT2D eigenvalue weighted by atomic mass is 10.0. The van der Waals surface area contributed by atoms with Gasteiger partial charge in [0, 0.05) is 42.0 Å². The summed E-state index contributed by atoms with van der Waals surface area (Å²) in [5, 5.41) is 19.4. The first-order valence-electron chi connectivity index (χ1n) is 10.7. The van der Waals surface area contributed by atoms with Crippen molar-refractivity contribution in [2.45, 2.75) is 44.2 Å². The van der Waals surface area contributed by atoms with E-state index in [1.165, 1.54) is 19.3 Å². The van der Waals surface area contributed by atoms with E-state index >= 15 is 0 Å². The van der Waals surface area contributed by atoms with E-state index in [2.05, 4.69) is 66.8 Å². The number of aromatic nitrogens is 6. The Balaban J connectivity index is 1.42. The maximum Gasteiger partial charge on any atom is 0.245 e. The van der Waals surface area contributed by atoms with Gasteiger partial charge in [-0.25, -0.2) is 9.97 Å². The van der Waals surface area contributed by atoms with Crippen molar-refractivity contribution in [2.75, 3.05) is 19.0 Å². The van der Waals surface area contributed by atoms with E-state index in [9.17, 15) is 0 Å². The molecule has 0 bridgehead atoms. The van der Waals surface area contributed by atoms with Crippen LogP contribution in [0.2, 0.25) is 0 Å². The summed E-state index contributed by atoms with van der Waals surface area (Å²) >= 11 is 1.60. The normalized spacial score (nSPS) is 19.4. The molecule has 1 saturated carbocycles. The molecule has 0 radical (unpaired) electrons. The van der Waals surface area contributed by atoms with Gasteiger partial charge in [0.25, 0.3) is 0 Å². The molecule has 1 aliphatic carbocycles. The Morgan fingerprint density at radius 3 is 2.74 bits per heavy atom. The molecule has 9 heteroatoms.